The summed E-state index contributed by atoms with van der Waals surface area (Å²) >= 11 is 0. The van der Waals surface area contributed by atoms with Gasteiger partial charge in [-0.05, 0) is 31.4 Å². The highest BCUT2D eigenvalue weighted by atomic mass is 16.6. The van der Waals surface area contributed by atoms with Gasteiger partial charge in [0, 0.05) is 0 Å². The Hall–Kier alpha value is -2.92. The molecule has 0 spiro atoms. The van der Waals surface area contributed by atoms with Gasteiger partial charge in [-0.1, -0.05) is 79.7 Å². The monoisotopic (exact) mass is 393 g/mol. The largest absolute Gasteiger partial charge is 0.441 e. The van der Waals surface area contributed by atoms with Crippen molar-refractivity contribution in [2.24, 2.45) is 5.92 Å². The molecule has 2 aromatic carbocycles. The molecule has 0 saturated carbocycles. The molecular weight excluding hydrogens is 366 g/mol. The number of rotatable bonds is 6. The predicted molar refractivity (Wildman–Crippen MR) is 112 cm³/mol. The Morgan fingerprint density at radius 1 is 1.14 bits per heavy atom. The summed E-state index contributed by atoms with van der Waals surface area (Å²) in [5, 5.41) is 10.5. The van der Waals surface area contributed by atoms with Crippen LogP contribution in [-0.4, -0.2) is 39.8 Å². The average Bonchev–Trinajstić information content (AvgIpc) is 2.94. The van der Waals surface area contributed by atoms with E-state index in [1.54, 1.807) is 19.1 Å². The lowest BCUT2D eigenvalue weighted by Crippen LogP contribution is -2.49. The van der Waals surface area contributed by atoms with E-state index in [2.05, 4.69) is 0 Å². The van der Waals surface area contributed by atoms with Crippen molar-refractivity contribution >= 4 is 18.1 Å². The van der Waals surface area contributed by atoms with E-state index in [1.807, 2.05) is 74.5 Å². The second kappa shape index (κ2) is 8.62. The standard InChI is InChI=1S/C24H27NO4/c1-17(20(26)15-14-18-10-6-4-7-11-18)22(27)25-21(24(2,3)29-23(25)28)16-19-12-8-5-9-13-19/h4-15,17,20-21,26H,16H2,1-3H3/b15-14+/t17-,20-,21+/m1/s1. The van der Waals surface area contributed by atoms with Gasteiger partial charge in [-0.25, -0.2) is 9.69 Å². The summed E-state index contributed by atoms with van der Waals surface area (Å²) in [5.74, 6) is -1.22. The van der Waals surface area contributed by atoms with Gasteiger partial charge in [-0.3, -0.25) is 4.79 Å². The Kier molecular flexibility index (Phi) is 6.18. The molecule has 0 radical (unpaired) electrons. The molecule has 1 aliphatic heterocycles. The molecule has 1 fully saturated rings. The highest BCUT2D eigenvalue weighted by Gasteiger charge is 2.51. The summed E-state index contributed by atoms with van der Waals surface area (Å²) in [6.45, 7) is 5.24. The van der Waals surface area contributed by atoms with Crippen molar-refractivity contribution < 1.29 is 19.4 Å². The fourth-order valence-electron chi connectivity index (χ4n) is 3.50. The van der Waals surface area contributed by atoms with E-state index < -0.39 is 35.7 Å². The van der Waals surface area contributed by atoms with Crippen LogP contribution in [0.15, 0.2) is 66.7 Å². The number of hydrogen-bond donors (Lipinski definition) is 1. The van der Waals surface area contributed by atoms with E-state index in [0.717, 1.165) is 11.1 Å². The van der Waals surface area contributed by atoms with Crippen molar-refractivity contribution in [2.45, 2.75) is 44.9 Å². The van der Waals surface area contributed by atoms with Crippen LogP contribution in [0.25, 0.3) is 6.08 Å². The van der Waals surface area contributed by atoms with Crippen LogP contribution in [0.5, 0.6) is 0 Å². The van der Waals surface area contributed by atoms with Crippen LogP contribution in [0.3, 0.4) is 0 Å². The number of carbonyl (C=O) groups excluding carboxylic acids is 2. The van der Waals surface area contributed by atoms with E-state index in [9.17, 15) is 14.7 Å². The molecule has 2 aromatic rings. The molecule has 0 aliphatic carbocycles. The van der Waals surface area contributed by atoms with Gasteiger partial charge in [0.05, 0.1) is 18.1 Å². The fraction of sp³-hybridized carbons (Fsp3) is 0.333. The van der Waals surface area contributed by atoms with Gasteiger partial charge in [0.15, 0.2) is 0 Å². The Morgan fingerprint density at radius 2 is 1.72 bits per heavy atom. The van der Waals surface area contributed by atoms with Crippen LogP contribution in [0.1, 0.15) is 31.9 Å². The predicted octanol–water partition coefficient (Wildman–Crippen LogP) is 4.07. The zero-order valence-corrected chi connectivity index (χ0v) is 17.0. The summed E-state index contributed by atoms with van der Waals surface area (Å²) in [6.07, 6.45) is 2.16. The molecule has 0 aromatic heterocycles. The third kappa shape index (κ3) is 4.74. The van der Waals surface area contributed by atoms with Crippen molar-refractivity contribution in [1.29, 1.82) is 0 Å². The minimum Gasteiger partial charge on any atom is -0.441 e. The number of benzene rings is 2. The first-order valence-corrected chi connectivity index (χ1v) is 9.81. The SMILES string of the molecule is C[C@@H](C(=O)N1C(=O)OC(C)(C)[C@@H]1Cc1ccccc1)[C@H](O)/C=C/c1ccccc1. The number of hydrogen-bond acceptors (Lipinski definition) is 4. The Morgan fingerprint density at radius 3 is 2.34 bits per heavy atom. The first-order chi connectivity index (χ1) is 13.8. The molecule has 1 aliphatic rings. The maximum absolute atomic E-state index is 13.1. The zero-order chi connectivity index (χ0) is 21.0. The molecule has 2 amide bonds. The number of amides is 2. The molecule has 29 heavy (non-hydrogen) atoms. The molecule has 1 heterocycles. The molecule has 152 valence electrons. The third-order valence-corrected chi connectivity index (χ3v) is 5.36. The van der Waals surface area contributed by atoms with Crippen LogP contribution >= 0.6 is 0 Å². The lowest BCUT2D eigenvalue weighted by Gasteiger charge is -2.30. The molecule has 0 bridgehead atoms. The Bertz CT molecular complexity index is 876. The number of ether oxygens (including phenoxy) is 1. The van der Waals surface area contributed by atoms with Gasteiger partial charge in [0.25, 0.3) is 0 Å². The van der Waals surface area contributed by atoms with Crippen molar-refractivity contribution in [2.75, 3.05) is 0 Å². The Balaban J connectivity index is 1.77. The number of aliphatic hydroxyl groups excluding tert-OH is 1. The number of imide groups is 1. The number of aliphatic hydroxyl groups is 1. The minimum atomic E-state index is -1.02. The molecule has 3 atom stereocenters. The summed E-state index contributed by atoms with van der Waals surface area (Å²) in [6, 6.07) is 18.8. The van der Waals surface area contributed by atoms with Crippen molar-refractivity contribution in [3.05, 3.63) is 77.9 Å². The summed E-state index contributed by atoms with van der Waals surface area (Å²) in [4.78, 5) is 26.8. The van der Waals surface area contributed by atoms with Crippen molar-refractivity contribution in [3.8, 4) is 0 Å². The average molecular weight is 393 g/mol. The van der Waals surface area contributed by atoms with Crippen LogP contribution in [0.4, 0.5) is 4.79 Å². The van der Waals surface area contributed by atoms with E-state index in [-0.39, 0.29) is 0 Å². The molecule has 3 rings (SSSR count). The van der Waals surface area contributed by atoms with E-state index in [4.69, 9.17) is 4.74 Å². The number of cyclic esters (lactones) is 1. The zero-order valence-electron chi connectivity index (χ0n) is 17.0. The van der Waals surface area contributed by atoms with Crippen LogP contribution in [-0.2, 0) is 16.0 Å². The molecule has 0 unspecified atom stereocenters. The fourth-order valence-corrected chi connectivity index (χ4v) is 3.50. The maximum atomic E-state index is 13.1. The molecule has 5 nitrogen and oxygen atoms in total. The minimum absolute atomic E-state index is 0.438. The maximum Gasteiger partial charge on any atom is 0.417 e. The summed E-state index contributed by atoms with van der Waals surface area (Å²) < 4.78 is 5.49. The number of nitrogens with zero attached hydrogens (tertiary/aromatic N) is 1. The van der Waals surface area contributed by atoms with Gasteiger partial charge in [-0.2, -0.15) is 0 Å². The van der Waals surface area contributed by atoms with Crippen LogP contribution in [0, 0.1) is 5.92 Å². The van der Waals surface area contributed by atoms with Crippen LogP contribution < -0.4 is 0 Å². The molecular formula is C24H27NO4. The lowest BCUT2D eigenvalue weighted by atomic mass is 9.91. The highest BCUT2D eigenvalue weighted by Crippen LogP contribution is 2.33. The van der Waals surface area contributed by atoms with Gasteiger partial charge < -0.3 is 9.84 Å². The number of carbonyl (C=O) groups is 2. The molecule has 1 saturated heterocycles. The van der Waals surface area contributed by atoms with Gasteiger partial charge >= 0.3 is 6.09 Å². The van der Waals surface area contributed by atoms with Crippen LogP contribution in [0.2, 0.25) is 0 Å². The second-order valence-corrected chi connectivity index (χ2v) is 7.93. The van der Waals surface area contributed by atoms with Gasteiger partial charge in [0.1, 0.15) is 5.60 Å². The van der Waals surface area contributed by atoms with Gasteiger partial charge in [-0.15, -0.1) is 0 Å². The lowest BCUT2D eigenvalue weighted by molar-refractivity contribution is -0.135. The first kappa shape index (κ1) is 20.8. The molecule has 5 heteroatoms. The smallest absolute Gasteiger partial charge is 0.417 e. The van der Waals surface area contributed by atoms with Crippen molar-refractivity contribution in [3.63, 3.8) is 0 Å². The molecule has 1 N–H and O–H groups in total. The quantitative estimate of drug-likeness (QED) is 0.804. The normalized spacial score (nSPS) is 20.5. The summed E-state index contributed by atoms with van der Waals surface area (Å²) in [7, 11) is 0. The van der Waals surface area contributed by atoms with Crippen molar-refractivity contribution in [1.82, 2.24) is 4.90 Å². The highest BCUT2D eigenvalue weighted by molar-refractivity contribution is 5.95. The Labute approximate surface area is 171 Å². The first-order valence-electron chi connectivity index (χ1n) is 9.81. The van der Waals surface area contributed by atoms with E-state index >= 15 is 0 Å². The third-order valence-electron chi connectivity index (χ3n) is 5.36. The van der Waals surface area contributed by atoms with E-state index in [0.29, 0.717) is 6.42 Å². The van der Waals surface area contributed by atoms with E-state index in [1.165, 1.54) is 4.90 Å². The topological polar surface area (TPSA) is 66.8 Å². The van der Waals surface area contributed by atoms with Gasteiger partial charge in [0.2, 0.25) is 5.91 Å². The second-order valence-electron chi connectivity index (χ2n) is 7.93. The summed E-state index contributed by atoms with van der Waals surface area (Å²) in [5.41, 5.74) is 1.13.